The first-order chi connectivity index (χ1) is 12.9. The Morgan fingerprint density at radius 1 is 1.26 bits per heavy atom. The predicted molar refractivity (Wildman–Crippen MR) is 100.0 cm³/mol. The van der Waals surface area contributed by atoms with Gasteiger partial charge in [-0.25, -0.2) is 4.68 Å². The lowest BCUT2D eigenvalue weighted by molar-refractivity contribution is 0.101. The normalized spacial score (nSPS) is 10.9. The summed E-state index contributed by atoms with van der Waals surface area (Å²) in [5, 5.41) is 21.4. The van der Waals surface area contributed by atoms with E-state index < -0.39 is 5.43 Å². The molecule has 0 saturated heterocycles. The van der Waals surface area contributed by atoms with E-state index in [0.29, 0.717) is 35.7 Å². The molecule has 0 aliphatic carbocycles. The number of hydrogen-bond acceptors (Lipinski definition) is 6. The SMILES string of the molecule is CC(=O)c1ccccc1-n1cc(CNCc2c(O)c(=O)cc(C)n2C)nn1. The third-order valence-corrected chi connectivity index (χ3v) is 4.45. The Kier molecular flexibility index (Phi) is 5.18. The summed E-state index contributed by atoms with van der Waals surface area (Å²) in [4.78, 5) is 23.5. The quantitative estimate of drug-likeness (QED) is 0.640. The van der Waals surface area contributed by atoms with E-state index in [1.54, 1.807) is 34.6 Å². The third kappa shape index (κ3) is 3.80. The van der Waals surface area contributed by atoms with Crippen LogP contribution in [-0.4, -0.2) is 30.5 Å². The van der Waals surface area contributed by atoms with Gasteiger partial charge in [-0.2, -0.15) is 0 Å². The lowest BCUT2D eigenvalue weighted by Crippen LogP contribution is -2.20. The van der Waals surface area contributed by atoms with Crippen LogP contribution in [0.25, 0.3) is 5.69 Å². The molecule has 0 aliphatic heterocycles. The van der Waals surface area contributed by atoms with E-state index in [4.69, 9.17) is 0 Å². The van der Waals surface area contributed by atoms with E-state index in [0.717, 1.165) is 5.69 Å². The molecule has 140 valence electrons. The molecule has 0 fully saturated rings. The van der Waals surface area contributed by atoms with Gasteiger partial charge in [0.25, 0.3) is 0 Å². The zero-order chi connectivity index (χ0) is 19.6. The summed E-state index contributed by atoms with van der Waals surface area (Å²) in [6.45, 7) is 4.01. The molecule has 0 saturated carbocycles. The number of carbonyl (C=O) groups is 1. The summed E-state index contributed by atoms with van der Waals surface area (Å²) in [6.07, 6.45) is 1.74. The number of Topliss-reactive ketones (excluding diaryl/α,β-unsaturated/α-hetero) is 1. The Morgan fingerprint density at radius 2 is 2.00 bits per heavy atom. The van der Waals surface area contributed by atoms with Gasteiger partial charge >= 0.3 is 0 Å². The number of ketones is 1. The number of aromatic nitrogens is 4. The number of carbonyl (C=O) groups excluding carboxylic acids is 1. The van der Waals surface area contributed by atoms with Crippen LogP contribution in [0.2, 0.25) is 0 Å². The minimum Gasteiger partial charge on any atom is -0.503 e. The highest BCUT2D eigenvalue weighted by atomic mass is 16.3. The van der Waals surface area contributed by atoms with Crippen molar-refractivity contribution in [1.29, 1.82) is 0 Å². The molecule has 3 rings (SSSR count). The van der Waals surface area contributed by atoms with E-state index >= 15 is 0 Å². The highest BCUT2D eigenvalue weighted by Gasteiger charge is 2.12. The lowest BCUT2D eigenvalue weighted by Gasteiger charge is -2.13. The topological polar surface area (TPSA) is 102 Å². The Morgan fingerprint density at radius 3 is 2.74 bits per heavy atom. The Labute approximate surface area is 156 Å². The van der Waals surface area contributed by atoms with Gasteiger partial charge in [-0.15, -0.1) is 5.10 Å². The van der Waals surface area contributed by atoms with Gasteiger partial charge in [-0.05, 0) is 26.0 Å². The molecule has 0 unspecified atom stereocenters. The van der Waals surface area contributed by atoms with Crippen LogP contribution in [0.5, 0.6) is 5.75 Å². The Balaban J connectivity index is 1.74. The first kappa shape index (κ1) is 18.5. The van der Waals surface area contributed by atoms with Crippen molar-refractivity contribution in [3.8, 4) is 11.4 Å². The van der Waals surface area contributed by atoms with Crippen molar-refractivity contribution in [1.82, 2.24) is 24.9 Å². The molecule has 2 heterocycles. The zero-order valence-electron chi connectivity index (χ0n) is 15.4. The van der Waals surface area contributed by atoms with Crippen molar-refractivity contribution in [2.24, 2.45) is 7.05 Å². The van der Waals surface area contributed by atoms with Crippen LogP contribution in [0.15, 0.2) is 41.3 Å². The van der Waals surface area contributed by atoms with Crippen LogP contribution in [0.4, 0.5) is 0 Å². The van der Waals surface area contributed by atoms with Gasteiger partial charge in [0, 0.05) is 37.5 Å². The van der Waals surface area contributed by atoms with Crippen molar-refractivity contribution in [2.75, 3.05) is 0 Å². The minimum atomic E-state index is -0.394. The molecule has 2 aromatic heterocycles. The zero-order valence-corrected chi connectivity index (χ0v) is 15.4. The predicted octanol–water partition coefficient (Wildman–Crippen LogP) is 1.47. The molecule has 0 atom stereocenters. The Hall–Kier alpha value is -3.26. The van der Waals surface area contributed by atoms with Gasteiger partial charge < -0.3 is 15.0 Å². The highest BCUT2D eigenvalue weighted by Crippen LogP contribution is 2.15. The molecule has 3 aromatic rings. The molecule has 2 N–H and O–H groups in total. The largest absolute Gasteiger partial charge is 0.503 e. The van der Waals surface area contributed by atoms with Gasteiger partial charge in [-0.3, -0.25) is 9.59 Å². The maximum absolute atomic E-state index is 11.8. The van der Waals surface area contributed by atoms with E-state index in [2.05, 4.69) is 15.6 Å². The fourth-order valence-corrected chi connectivity index (χ4v) is 2.85. The van der Waals surface area contributed by atoms with Gasteiger partial charge in [0.05, 0.1) is 23.3 Å². The molecule has 1 aromatic carbocycles. The van der Waals surface area contributed by atoms with Crippen LogP contribution in [-0.2, 0) is 20.1 Å². The van der Waals surface area contributed by atoms with Crippen molar-refractivity contribution >= 4 is 5.78 Å². The standard InChI is InChI=1S/C19H21N5O3/c1-12-8-18(26)19(27)17(23(12)3)10-20-9-14-11-24(22-21-14)16-7-5-4-6-15(16)13(2)25/h4-8,11,20,27H,9-10H2,1-3H3. The maximum Gasteiger partial charge on any atom is 0.223 e. The average Bonchev–Trinajstić information content (AvgIpc) is 3.11. The number of nitrogens with zero attached hydrogens (tertiary/aromatic N) is 4. The second kappa shape index (κ2) is 7.55. The maximum atomic E-state index is 11.8. The van der Waals surface area contributed by atoms with Gasteiger partial charge in [0.2, 0.25) is 5.43 Å². The van der Waals surface area contributed by atoms with Gasteiger partial charge in [-0.1, -0.05) is 17.3 Å². The molecule has 8 nitrogen and oxygen atoms in total. The minimum absolute atomic E-state index is 0.0448. The summed E-state index contributed by atoms with van der Waals surface area (Å²) >= 11 is 0. The molecule has 0 radical (unpaired) electrons. The fraction of sp³-hybridized carbons (Fsp3) is 0.263. The number of aryl methyl sites for hydroxylation is 1. The summed E-state index contributed by atoms with van der Waals surface area (Å²) in [5.41, 5.74) is 2.79. The van der Waals surface area contributed by atoms with Crippen LogP contribution < -0.4 is 10.7 Å². The lowest BCUT2D eigenvalue weighted by atomic mass is 10.1. The molecule has 8 heteroatoms. The van der Waals surface area contributed by atoms with Crippen LogP contribution in [0.1, 0.15) is 34.4 Å². The summed E-state index contributed by atoms with van der Waals surface area (Å²) in [7, 11) is 1.79. The molecular formula is C19H21N5O3. The molecule has 0 spiro atoms. The number of pyridine rings is 1. The first-order valence-electron chi connectivity index (χ1n) is 8.49. The van der Waals surface area contributed by atoms with Crippen molar-refractivity contribution in [3.63, 3.8) is 0 Å². The number of hydrogen-bond donors (Lipinski definition) is 2. The summed E-state index contributed by atoms with van der Waals surface area (Å²) in [5.74, 6) is -0.300. The molecular weight excluding hydrogens is 346 g/mol. The number of rotatable bonds is 6. The van der Waals surface area contributed by atoms with Gasteiger partial charge in [0.15, 0.2) is 11.5 Å². The van der Waals surface area contributed by atoms with Crippen LogP contribution in [0.3, 0.4) is 0 Å². The number of benzene rings is 1. The number of aromatic hydroxyl groups is 1. The average molecular weight is 367 g/mol. The van der Waals surface area contributed by atoms with Crippen molar-refractivity contribution < 1.29 is 9.90 Å². The molecule has 0 aliphatic rings. The second-order valence-corrected chi connectivity index (χ2v) is 6.34. The number of para-hydroxylation sites is 1. The van der Waals surface area contributed by atoms with Gasteiger partial charge in [0.1, 0.15) is 0 Å². The first-order valence-corrected chi connectivity index (χ1v) is 8.49. The molecule has 27 heavy (non-hydrogen) atoms. The van der Waals surface area contributed by atoms with E-state index in [1.165, 1.54) is 13.0 Å². The Bertz CT molecular complexity index is 1050. The van der Waals surface area contributed by atoms with E-state index in [-0.39, 0.29) is 11.5 Å². The number of nitrogens with one attached hydrogen (secondary N) is 1. The van der Waals surface area contributed by atoms with Crippen LogP contribution in [0, 0.1) is 6.92 Å². The van der Waals surface area contributed by atoms with Crippen molar-refractivity contribution in [3.05, 3.63) is 69.4 Å². The fourth-order valence-electron chi connectivity index (χ4n) is 2.85. The summed E-state index contributed by atoms with van der Waals surface area (Å²) < 4.78 is 3.33. The van der Waals surface area contributed by atoms with Crippen LogP contribution >= 0.6 is 0 Å². The van der Waals surface area contributed by atoms with E-state index in [9.17, 15) is 14.7 Å². The highest BCUT2D eigenvalue weighted by molar-refractivity contribution is 5.97. The van der Waals surface area contributed by atoms with E-state index in [1.807, 2.05) is 19.1 Å². The summed E-state index contributed by atoms with van der Waals surface area (Å²) in [6, 6.07) is 8.60. The monoisotopic (exact) mass is 367 g/mol. The molecule has 0 amide bonds. The third-order valence-electron chi connectivity index (χ3n) is 4.45. The second-order valence-electron chi connectivity index (χ2n) is 6.34. The smallest absolute Gasteiger partial charge is 0.223 e. The molecule has 0 bridgehead atoms. The van der Waals surface area contributed by atoms with Crippen molar-refractivity contribution in [2.45, 2.75) is 26.9 Å².